The SMILES string of the molecule is Fc1ccc(CC(CCl)(CCl)c2ccccc2Br)cc1F. The number of hydrogen-bond donors (Lipinski definition) is 0. The van der Waals surface area contributed by atoms with Crippen molar-refractivity contribution in [2.24, 2.45) is 0 Å². The van der Waals surface area contributed by atoms with E-state index in [9.17, 15) is 8.78 Å². The molecule has 0 radical (unpaired) electrons. The van der Waals surface area contributed by atoms with Crippen LogP contribution in [-0.2, 0) is 11.8 Å². The van der Waals surface area contributed by atoms with Gasteiger partial charge < -0.3 is 0 Å². The van der Waals surface area contributed by atoms with Crippen molar-refractivity contribution in [3.8, 4) is 0 Å². The van der Waals surface area contributed by atoms with E-state index in [0.29, 0.717) is 12.0 Å². The van der Waals surface area contributed by atoms with Crippen LogP contribution in [0.4, 0.5) is 8.78 Å². The Hall–Kier alpha value is -0.640. The van der Waals surface area contributed by atoms with Gasteiger partial charge in [0, 0.05) is 21.6 Å². The van der Waals surface area contributed by atoms with Gasteiger partial charge >= 0.3 is 0 Å². The minimum Gasteiger partial charge on any atom is -0.204 e. The van der Waals surface area contributed by atoms with Gasteiger partial charge in [-0.25, -0.2) is 8.78 Å². The summed E-state index contributed by atoms with van der Waals surface area (Å²) in [5, 5.41) is 0. The van der Waals surface area contributed by atoms with E-state index in [1.165, 1.54) is 6.07 Å². The summed E-state index contributed by atoms with van der Waals surface area (Å²) in [7, 11) is 0. The third-order valence-corrected chi connectivity index (χ3v) is 5.20. The number of halogens is 5. The Morgan fingerprint density at radius 2 is 1.62 bits per heavy atom. The predicted octanol–water partition coefficient (Wildman–Crippen LogP) is 5.69. The van der Waals surface area contributed by atoms with Crippen molar-refractivity contribution < 1.29 is 8.78 Å². The second-order valence-electron chi connectivity index (χ2n) is 4.95. The van der Waals surface area contributed by atoms with Gasteiger partial charge in [0.05, 0.1) is 0 Å². The molecule has 2 aromatic rings. The molecule has 0 atom stereocenters. The molecule has 0 aliphatic rings. The zero-order valence-corrected chi connectivity index (χ0v) is 14.2. The van der Waals surface area contributed by atoms with Crippen LogP contribution in [0.5, 0.6) is 0 Å². The molecule has 112 valence electrons. The Kier molecular flexibility index (Phi) is 5.64. The number of alkyl halides is 2. The van der Waals surface area contributed by atoms with Crippen molar-refractivity contribution in [3.05, 3.63) is 69.7 Å². The first kappa shape index (κ1) is 16.7. The second-order valence-corrected chi connectivity index (χ2v) is 6.34. The fourth-order valence-corrected chi connectivity index (χ4v) is 3.77. The molecule has 0 nitrogen and oxygen atoms in total. The third kappa shape index (κ3) is 3.58. The first-order valence-corrected chi connectivity index (χ1v) is 8.19. The first-order valence-electron chi connectivity index (χ1n) is 6.33. The van der Waals surface area contributed by atoms with Gasteiger partial charge in [0.15, 0.2) is 11.6 Å². The molecule has 0 aliphatic heterocycles. The van der Waals surface area contributed by atoms with Crippen LogP contribution < -0.4 is 0 Å². The van der Waals surface area contributed by atoms with Gasteiger partial charge in [-0.1, -0.05) is 40.2 Å². The Morgan fingerprint density at radius 3 is 2.19 bits per heavy atom. The molecule has 2 aromatic carbocycles. The van der Waals surface area contributed by atoms with Crippen LogP contribution in [0.15, 0.2) is 46.9 Å². The number of hydrogen-bond acceptors (Lipinski definition) is 0. The Balaban J connectivity index is 2.43. The largest absolute Gasteiger partial charge is 0.204 e. The molecule has 0 N–H and O–H groups in total. The normalized spacial score (nSPS) is 11.7. The zero-order chi connectivity index (χ0) is 15.5. The first-order chi connectivity index (χ1) is 10.0. The molecule has 0 unspecified atom stereocenters. The van der Waals surface area contributed by atoms with Crippen LogP contribution in [0.1, 0.15) is 11.1 Å². The summed E-state index contributed by atoms with van der Waals surface area (Å²) in [5.41, 5.74) is 1.07. The summed E-state index contributed by atoms with van der Waals surface area (Å²) in [6.45, 7) is 0. The maximum atomic E-state index is 13.4. The van der Waals surface area contributed by atoms with Gasteiger partial charge in [0.2, 0.25) is 0 Å². The highest BCUT2D eigenvalue weighted by atomic mass is 79.9. The molecule has 0 amide bonds. The molecular weight excluding hydrogens is 381 g/mol. The molecule has 0 saturated carbocycles. The van der Waals surface area contributed by atoms with E-state index in [1.54, 1.807) is 6.07 Å². The number of rotatable bonds is 5. The summed E-state index contributed by atoms with van der Waals surface area (Å²) in [6.07, 6.45) is 0.430. The van der Waals surface area contributed by atoms with Crippen LogP contribution in [0.3, 0.4) is 0 Å². The number of benzene rings is 2. The molecule has 0 saturated heterocycles. The lowest BCUT2D eigenvalue weighted by Crippen LogP contribution is -2.33. The van der Waals surface area contributed by atoms with Crippen molar-refractivity contribution in [2.75, 3.05) is 11.8 Å². The minimum atomic E-state index is -0.863. The Morgan fingerprint density at radius 1 is 0.952 bits per heavy atom. The van der Waals surface area contributed by atoms with Crippen molar-refractivity contribution in [1.82, 2.24) is 0 Å². The van der Waals surface area contributed by atoms with Crippen LogP contribution in [-0.4, -0.2) is 11.8 Å². The zero-order valence-electron chi connectivity index (χ0n) is 11.1. The van der Waals surface area contributed by atoms with Crippen molar-refractivity contribution >= 4 is 39.1 Å². The molecule has 5 heteroatoms. The lowest BCUT2D eigenvalue weighted by Gasteiger charge is -2.31. The van der Waals surface area contributed by atoms with E-state index in [4.69, 9.17) is 23.2 Å². The molecule has 0 aromatic heterocycles. The molecule has 0 fully saturated rings. The van der Waals surface area contributed by atoms with Gasteiger partial charge in [-0.15, -0.1) is 23.2 Å². The highest BCUT2D eigenvalue weighted by Crippen LogP contribution is 2.36. The summed E-state index contributed by atoms with van der Waals surface area (Å²) in [4.78, 5) is 0. The van der Waals surface area contributed by atoms with E-state index in [2.05, 4.69) is 15.9 Å². The summed E-state index contributed by atoms with van der Waals surface area (Å²) < 4.78 is 27.3. The van der Waals surface area contributed by atoms with E-state index >= 15 is 0 Å². The van der Waals surface area contributed by atoms with Gasteiger partial charge in [-0.3, -0.25) is 0 Å². The summed E-state index contributed by atoms with van der Waals surface area (Å²) in [5.74, 6) is -1.17. The van der Waals surface area contributed by atoms with Crippen LogP contribution in [0.25, 0.3) is 0 Å². The highest BCUT2D eigenvalue weighted by Gasteiger charge is 2.33. The van der Waals surface area contributed by atoms with Crippen molar-refractivity contribution in [1.29, 1.82) is 0 Å². The Bertz CT molecular complexity index is 627. The molecule has 2 rings (SSSR count). The second kappa shape index (κ2) is 7.08. The topological polar surface area (TPSA) is 0 Å². The van der Waals surface area contributed by atoms with Crippen molar-refractivity contribution in [2.45, 2.75) is 11.8 Å². The van der Waals surface area contributed by atoms with Crippen molar-refractivity contribution in [3.63, 3.8) is 0 Å². The third-order valence-electron chi connectivity index (χ3n) is 3.48. The van der Waals surface area contributed by atoms with Gasteiger partial charge in [-0.05, 0) is 35.7 Å². The van der Waals surface area contributed by atoms with E-state index in [1.807, 2.05) is 24.3 Å². The Labute approximate surface area is 141 Å². The quantitative estimate of drug-likeness (QED) is 0.572. The molecule has 0 heterocycles. The molecule has 0 spiro atoms. The van der Waals surface area contributed by atoms with Crippen LogP contribution in [0.2, 0.25) is 0 Å². The smallest absolute Gasteiger partial charge is 0.159 e. The van der Waals surface area contributed by atoms with E-state index in [-0.39, 0.29) is 11.8 Å². The monoisotopic (exact) mass is 392 g/mol. The molecule has 21 heavy (non-hydrogen) atoms. The van der Waals surface area contributed by atoms with E-state index in [0.717, 1.165) is 16.1 Å². The van der Waals surface area contributed by atoms with Crippen LogP contribution in [0, 0.1) is 11.6 Å². The van der Waals surface area contributed by atoms with Crippen LogP contribution >= 0.6 is 39.1 Å². The maximum Gasteiger partial charge on any atom is 0.159 e. The van der Waals surface area contributed by atoms with E-state index < -0.39 is 17.0 Å². The lowest BCUT2D eigenvalue weighted by molar-refractivity contribution is 0.498. The lowest BCUT2D eigenvalue weighted by atomic mass is 9.78. The molecular formula is C16H13BrCl2F2. The average Bonchev–Trinajstić information content (AvgIpc) is 2.49. The van der Waals surface area contributed by atoms with Gasteiger partial charge in [0.25, 0.3) is 0 Å². The van der Waals surface area contributed by atoms with Gasteiger partial charge in [-0.2, -0.15) is 0 Å². The summed E-state index contributed by atoms with van der Waals surface area (Å²) in [6, 6.07) is 11.5. The standard InChI is InChI=1S/C16H13BrCl2F2/c17-13-4-2-1-3-12(13)16(9-18,10-19)8-11-5-6-14(20)15(21)7-11/h1-7H,8-10H2. The highest BCUT2D eigenvalue weighted by molar-refractivity contribution is 9.10. The maximum absolute atomic E-state index is 13.4. The van der Waals surface area contributed by atoms with Gasteiger partial charge in [0.1, 0.15) is 0 Å². The summed E-state index contributed by atoms with van der Waals surface area (Å²) >= 11 is 15.9. The fraction of sp³-hybridized carbons (Fsp3) is 0.250. The predicted molar refractivity (Wildman–Crippen MR) is 87.3 cm³/mol. The fourth-order valence-electron chi connectivity index (χ4n) is 2.30. The molecule has 0 aliphatic carbocycles. The average molecular weight is 394 g/mol. The minimum absolute atomic E-state index is 0.276. The molecule has 0 bridgehead atoms.